The second-order valence-electron chi connectivity index (χ2n) is 3.79. The summed E-state index contributed by atoms with van der Waals surface area (Å²) in [4.78, 5) is 11.4. The molecule has 17 heavy (non-hydrogen) atoms. The number of rotatable bonds is 2. The number of urea groups is 1. The third kappa shape index (κ3) is 2.28. The maximum Gasteiger partial charge on any atom is 0.320 e. The van der Waals surface area contributed by atoms with Crippen LogP contribution in [0.3, 0.4) is 0 Å². The summed E-state index contributed by atoms with van der Waals surface area (Å²) < 4.78 is 0. The fourth-order valence-corrected chi connectivity index (χ4v) is 1.87. The smallest absolute Gasteiger partial charge is 0.320 e. The van der Waals surface area contributed by atoms with Crippen molar-refractivity contribution in [3.05, 3.63) is 52.5 Å². The zero-order valence-corrected chi connectivity index (χ0v) is 9.23. The van der Waals surface area contributed by atoms with Crippen LogP contribution in [0.15, 0.2) is 41.7 Å². The summed E-state index contributed by atoms with van der Waals surface area (Å²) in [5.41, 5.74) is 1.28. The van der Waals surface area contributed by atoms with Crippen molar-refractivity contribution < 1.29 is 15.2 Å². The number of hydroxylamine groups is 2. The Morgan fingerprint density at radius 3 is 2.59 bits per heavy atom. The van der Waals surface area contributed by atoms with Crippen molar-refractivity contribution >= 4 is 6.03 Å². The van der Waals surface area contributed by atoms with E-state index in [9.17, 15) is 15.2 Å². The summed E-state index contributed by atoms with van der Waals surface area (Å²) in [6.45, 7) is 1.58. The molecule has 6 nitrogen and oxygen atoms in total. The van der Waals surface area contributed by atoms with Crippen LogP contribution >= 0.6 is 0 Å². The van der Waals surface area contributed by atoms with Gasteiger partial charge in [0, 0.05) is 0 Å². The lowest BCUT2D eigenvalue weighted by atomic mass is 10.0. The van der Waals surface area contributed by atoms with E-state index in [0.29, 0.717) is 5.70 Å². The van der Waals surface area contributed by atoms with Crippen molar-refractivity contribution in [2.75, 3.05) is 0 Å². The number of hydrogen-bond acceptors (Lipinski definition) is 3. The molecule has 0 fully saturated rings. The normalized spacial score (nSPS) is 21.8. The van der Waals surface area contributed by atoms with E-state index < -0.39 is 11.3 Å². The predicted molar refractivity (Wildman–Crippen MR) is 59.7 cm³/mol. The molecule has 0 aromatic heterocycles. The van der Waals surface area contributed by atoms with E-state index >= 15 is 0 Å². The van der Waals surface area contributed by atoms with Gasteiger partial charge < -0.3 is 15.8 Å². The average Bonchev–Trinajstić information content (AvgIpc) is 2.28. The van der Waals surface area contributed by atoms with Crippen LogP contribution in [0.4, 0.5) is 4.79 Å². The quantitative estimate of drug-likeness (QED) is 0.546. The number of amides is 2. The van der Waals surface area contributed by atoms with E-state index in [0.717, 1.165) is 5.56 Å². The largest absolute Gasteiger partial charge is 0.595 e. The van der Waals surface area contributed by atoms with Crippen LogP contribution in [0.2, 0.25) is 0 Å². The van der Waals surface area contributed by atoms with Gasteiger partial charge in [0.05, 0.1) is 5.70 Å². The Morgan fingerprint density at radius 1 is 1.35 bits per heavy atom. The predicted octanol–water partition coefficient (Wildman–Crippen LogP) is 0.0439. The number of benzene rings is 1. The van der Waals surface area contributed by atoms with Gasteiger partial charge in [0.25, 0.3) is 0 Å². The van der Waals surface area contributed by atoms with Gasteiger partial charge in [0.15, 0.2) is 5.70 Å². The van der Waals surface area contributed by atoms with Crippen LogP contribution < -0.4 is 15.9 Å². The summed E-state index contributed by atoms with van der Waals surface area (Å²) in [6, 6.07) is 8.02. The Labute approximate surface area is 98.1 Å². The zero-order valence-electron chi connectivity index (χ0n) is 9.23. The van der Waals surface area contributed by atoms with Crippen molar-refractivity contribution in [2.45, 2.75) is 13.0 Å². The highest BCUT2D eigenvalue weighted by Crippen LogP contribution is 2.21. The summed E-state index contributed by atoms with van der Waals surface area (Å²) in [5, 5.41) is 24.4. The summed E-state index contributed by atoms with van der Waals surface area (Å²) in [6.07, 6.45) is 0. The first-order chi connectivity index (χ1) is 8.09. The van der Waals surface area contributed by atoms with E-state index in [-0.39, 0.29) is 11.7 Å². The zero-order chi connectivity index (χ0) is 12.4. The first kappa shape index (κ1) is 11.6. The van der Waals surface area contributed by atoms with E-state index in [4.69, 9.17) is 0 Å². The monoisotopic (exact) mass is 235 g/mol. The minimum absolute atomic E-state index is 0.163. The van der Waals surface area contributed by atoms with E-state index in [1.165, 1.54) is 0 Å². The third-order valence-electron chi connectivity index (χ3n) is 2.63. The molecule has 1 aliphatic heterocycles. The summed E-state index contributed by atoms with van der Waals surface area (Å²) in [5.74, 6) is 0. The van der Waals surface area contributed by atoms with Crippen LogP contribution in [0, 0.1) is 5.21 Å². The molecule has 1 aromatic carbocycles. The Hall–Kier alpha value is -1.89. The molecule has 0 saturated heterocycles. The second kappa shape index (κ2) is 4.54. The van der Waals surface area contributed by atoms with Crippen molar-refractivity contribution in [2.24, 2.45) is 0 Å². The van der Waals surface area contributed by atoms with Gasteiger partial charge in [-0.1, -0.05) is 30.3 Å². The molecular formula is C11H13N3O3. The Kier molecular flexibility index (Phi) is 3.10. The topological polar surface area (TPSA) is 88.9 Å². The molecule has 4 N–H and O–H groups in total. The molecule has 1 unspecified atom stereocenters. The standard InChI is InChI=1S/C11H13N3O3/c1-7-10(14(16)17)9(13-11(15)12-7)8-5-3-2-4-6-8/h2-6,9,14,16H,1H3,(H2,12,13,15)/t9-/m1/s1. The first-order valence-corrected chi connectivity index (χ1v) is 5.16. The molecule has 1 aliphatic rings. The second-order valence-corrected chi connectivity index (χ2v) is 3.79. The van der Waals surface area contributed by atoms with Gasteiger partial charge in [-0.2, -0.15) is 5.23 Å². The highest BCUT2D eigenvalue weighted by atomic mass is 16.8. The van der Waals surface area contributed by atoms with Gasteiger partial charge in [-0.05, 0) is 12.5 Å². The molecule has 0 saturated carbocycles. The SMILES string of the molecule is CC1=C([NH+]([O-])O)[C@@H](c2ccccc2)NC(=O)N1. The maximum atomic E-state index is 11.4. The van der Waals surface area contributed by atoms with Gasteiger partial charge in [0.2, 0.25) is 0 Å². The molecule has 0 radical (unpaired) electrons. The number of carbonyl (C=O) groups is 1. The Morgan fingerprint density at radius 2 is 2.00 bits per heavy atom. The molecule has 0 aliphatic carbocycles. The highest BCUT2D eigenvalue weighted by molar-refractivity contribution is 5.78. The van der Waals surface area contributed by atoms with Crippen molar-refractivity contribution in [3.63, 3.8) is 0 Å². The molecule has 6 heteroatoms. The highest BCUT2D eigenvalue weighted by Gasteiger charge is 2.31. The maximum absolute atomic E-state index is 11.4. The lowest BCUT2D eigenvalue weighted by Gasteiger charge is -2.30. The Balaban J connectivity index is 2.44. The van der Waals surface area contributed by atoms with Crippen LogP contribution in [0.1, 0.15) is 18.5 Å². The minimum atomic E-state index is -1.04. The van der Waals surface area contributed by atoms with Crippen LogP contribution in [-0.4, -0.2) is 11.2 Å². The van der Waals surface area contributed by atoms with Crippen LogP contribution in [-0.2, 0) is 0 Å². The van der Waals surface area contributed by atoms with Crippen molar-refractivity contribution in [3.8, 4) is 0 Å². The van der Waals surface area contributed by atoms with E-state index in [1.54, 1.807) is 31.2 Å². The van der Waals surface area contributed by atoms with Gasteiger partial charge in [-0.15, -0.1) is 0 Å². The lowest BCUT2D eigenvalue weighted by Crippen LogP contribution is -3.04. The van der Waals surface area contributed by atoms with Crippen LogP contribution in [0.25, 0.3) is 0 Å². The van der Waals surface area contributed by atoms with E-state index in [2.05, 4.69) is 10.6 Å². The fraction of sp³-hybridized carbons (Fsp3) is 0.182. The van der Waals surface area contributed by atoms with Crippen molar-refractivity contribution in [1.82, 2.24) is 10.6 Å². The molecule has 1 heterocycles. The molecule has 90 valence electrons. The molecule has 2 atom stereocenters. The van der Waals surface area contributed by atoms with Gasteiger partial charge >= 0.3 is 6.03 Å². The Bertz CT molecular complexity index is 456. The first-order valence-electron chi connectivity index (χ1n) is 5.16. The van der Waals surface area contributed by atoms with Gasteiger partial charge in [-0.3, -0.25) is 0 Å². The lowest BCUT2D eigenvalue weighted by molar-refractivity contribution is -1.02. The fourth-order valence-electron chi connectivity index (χ4n) is 1.87. The molecule has 2 rings (SSSR count). The number of allylic oxidation sites excluding steroid dienone is 1. The van der Waals surface area contributed by atoms with Crippen LogP contribution in [0.5, 0.6) is 0 Å². The molecule has 2 amide bonds. The molecular weight excluding hydrogens is 222 g/mol. The number of hydrogen-bond donors (Lipinski definition) is 4. The third-order valence-corrected chi connectivity index (χ3v) is 2.63. The number of nitrogens with one attached hydrogen (secondary N) is 3. The number of quaternary nitrogens is 1. The average molecular weight is 235 g/mol. The van der Waals surface area contributed by atoms with Gasteiger partial charge in [-0.25, -0.2) is 10.0 Å². The van der Waals surface area contributed by atoms with E-state index in [1.807, 2.05) is 6.07 Å². The molecule has 1 aromatic rings. The van der Waals surface area contributed by atoms with Crippen molar-refractivity contribution in [1.29, 1.82) is 0 Å². The molecule has 0 bridgehead atoms. The van der Waals surface area contributed by atoms with Gasteiger partial charge in [0.1, 0.15) is 6.04 Å². The molecule has 0 spiro atoms. The summed E-state index contributed by atoms with van der Waals surface area (Å²) in [7, 11) is 0. The summed E-state index contributed by atoms with van der Waals surface area (Å²) >= 11 is 0. The number of carbonyl (C=O) groups excluding carboxylic acids is 1. The minimum Gasteiger partial charge on any atom is -0.595 e.